The van der Waals surface area contributed by atoms with Gasteiger partial charge in [-0.25, -0.2) is 0 Å². The average Bonchev–Trinajstić information content (AvgIpc) is 2.16. The highest BCUT2D eigenvalue weighted by atomic mass is 28.2. The molecule has 0 heterocycles. The summed E-state index contributed by atoms with van der Waals surface area (Å²) in [5, 5.41) is 0.485. The van der Waals surface area contributed by atoms with Crippen LogP contribution >= 0.6 is 0 Å². The van der Waals surface area contributed by atoms with Gasteiger partial charge in [-0.1, -0.05) is 36.9 Å². The van der Waals surface area contributed by atoms with Gasteiger partial charge in [-0.05, 0) is 12.0 Å². The van der Waals surface area contributed by atoms with Gasteiger partial charge in [0.05, 0.1) is 9.52 Å². The predicted molar refractivity (Wildman–Crippen MR) is 54.2 cm³/mol. The SMILES string of the molecule is C[SiH2]C(=O)CCc1ccccc1. The van der Waals surface area contributed by atoms with E-state index < -0.39 is 9.52 Å². The number of carbonyl (C=O) groups excluding carboxylic acids is 1. The van der Waals surface area contributed by atoms with Crippen LogP contribution in [0.3, 0.4) is 0 Å². The molecule has 0 aromatic heterocycles. The topological polar surface area (TPSA) is 17.1 Å². The van der Waals surface area contributed by atoms with Crippen LogP contribution in [0.4, 0.5) is 0 Å². The van der Waals surface area contributed by atoms with Gasteiger partial charge in [0, 0.05) is 6.42 Å². The van der Waals surface area contributed by atoms with Gasteiger partial charge in [-0.15, -0.1) is 0 Å². The molecule has 0 aliphatic heterocycles. The lowest BCUT2D eigenvalue weighted by molar-refractivity contribution is -0.112. The number of carbonyl (C=O) groups is 1. The summed E-state index contributed by atoms with van der Waals surface area (Å²) in [6.07, 6.45) is 1.66. The van der Waals surface area contributed by atoms with Crippen LogP contribution in [0.15, 0.2) is 30.3 Å². The molecule has 1 aromatic rings. The molecule has 12 heavy (non-hydrogen) atoms. The third-order valence-corrected chi connectivity index (χ3v) is 3.07. The second-order valence-electron chi connectivity index (χ2n) is 2.88. The summed E-state index contributed by atoms with van der Waals surface area (Å²) >= 11 is 0. The van der Waals surface area contributed by atoms with E-state index in [1.54, 1.807) is 0 Å². The minimum Gasteiger partial charge on any atom is -0.306 e. The minimum atomic E-state index is -0.416. The molecule has 0 saturated carbocycles. The molecule has 64 valence electrons. The van der Waals surface area contributed by atoms with Crippen molar-refractivity contribution in [2.75, 3.05) is 0 Å². The molecule has 0 saturated heterocycles. The highest BCUT2D eigenvalue weighted by Gasteiger charge is 1.98. The van der Waals surface area contributed by atoms with Crippen molar-refractivity contribution in [2.45, 2.75) is 19.4 Å². The molecule has 0 unspecified atom stereocenters. The molecule has 1 aromatic carbocycles. The smallest absolute Gasteiger partial charge is 0.104 e. The van der Waals surface area contributed by atoms with Gasteiger partial charge in [0.1, 0.15) is 5.41 Å². The summed E-state index contributed by atoms with van der Waals surface area (Å²) in [4.78, 5) is 11.0. The van der Waals surface area contributed by atoms with Crippen molar-refractivity contribution in [1.82, 2.24) is 0 Å². The van der Waals surface area contributed by atoms with Gasteiger partial charge in [0.2, 0.25) is 0 Å². The second-order valence-corrected chi connectivity index (χ2v) is 4.37. The lowest BCUT2D eigenvalue weighted by Crippen LogP contribution is -2.05. The fourth-order valence-electron chi connectivity index (χ4n) is 1.11. The summed E-state index contributed by atoms with van der Waals surface area (Å²) in [6, 6.07) is 10.2. The molecule has 0 bridgehead atoms. The van der Waals surface area contributed by atoms with E-state index in [9.17, 15) is 4.79 Å². The number of hydrogen-bond donors (Lipinski definition) is 0. The first kappa shape index (κ1) is 9.20. The first-order valence-corrected chi connectivity index (χ1v) is 6.50. The summed E-state index contributed by atoms with van der Waals surface area (Å²) < 4.78 is 0. The molecule has 1 rings (SSSR count). The molecule has 0 radical (unpaired) electrons. The maximum Gasteiger partial charge on any atom is 0.104 e. The van der Waals surface area contributed by atoms with Crippen molar-refractivity contribution in [3.63, 3.8) is 0 Å². The third-order valence-electron chi connectivity index (χ3n) is 1.93. The minimum absolute atomic E-state index is 0.416. The van der Waals surface area contributed by atoms with Crippen LogP contribution in [-0.2, 0) is 11.2 Å². The average molecular weight is 178 g/mol. The van der Waals surface area contributed by atoms with Crippen molar-refractivity contribution in [3.8, 4) is 0 Å². The monoisotopic (exact) mass is 178 g/mol. The molecular weight excluding hydrogens is 164 g/mol. The molecule has 0 spiro atoms. The van der Waals surface area contributed by atoms with Crippen LogP contribution in [0, 0.1) is 0 Å². The lowest BCUT2D eigenvalue weighted by atomic mass is 10.1. The molecule has 0 fully saturated rings. The van der Waals surface area contributed by atoms with Crippen LogP contribution in [-0.4, -0.2) is 14.9 Å². The lowest BCUT2D eigenvalue weighted by Gasteiger charge is -1.98. The van der Waals surface area contributed by atoms with E-state index in [-0.39, 0.29) is 0 Å². The van der Waals surface area contributed by atoms with E-state index >= 15 is 0 Å². The van der Waals surface area contributed by atoms with Crippen molar-refractivity contribution in [3.05, 3.63) is 35.9 Å². The molecule has 0 aliphatic rings. The van der Waals surface area contributed by atoms with E-state index in [0.717, 1.165) is 12.8 Å². The van der Waals surface area contributed by atoms with Crippen LogP contribution in [0.5, 0.6) is 0 Å². The Balaban J connectivity index is 2.38. The fraction of sp³-hybridized carbons (Fsp3) is 0.300. The number of rotatable bonds is 4. The molecular formula is C10H14OSi. The Morgan fingerprint density at radius 2 is 2.00 bits per heavy atom. The largest absolute Gasteiger partial charge is 0.306 e. The van der Waals surface area contributed by atoms with E-state index in [1.807, 2.05) is 24.7 Å². The molecule has 0 aliphatic carbocycles. The Bertz CT molecular complexity index is 243. The standard InChI is InChI=1S/C10H14OSi/c1-12-10(11)8-7-9-5-3-2-4-6-9/h2-6H,7-8,12H2,1H3. The Morgan fingerprint density at radius 3 is 2.58 bits per heavy atom. The van der Waals surface area contributed by atoms with Crippen molar-refractivity contribution in [2.24, 2.45) is 0 Å². The Labute approximate surface area is 75.6 Å². The molecule has 1 nitrogen and oxygen atoms in total. The van der Waals surface area contributed by atoms with Gasteiger partial charge >= 0.3 is 0 Å². The normalized spacial score (nSPS) is 10.8. The quantitative estimate of drug-likeness (QED) is 0.636. The molecule has 0 N–H and O–H groups in total. The highest BCUT2D eigenvalue weighted by molar-refractivity contribution is 6.72. The van der Waals surface area contributed by atoms with Gasteiger partial charge < -0.3 is 4.79 Å². The Hall–Kier alpha value is -0.893. The van der Waals surface area contributed by atoms with E-state index in [2.05, 4.69) is 12.1 Å². The van der Waals surface area contributed by atoms with Crippen molar-refractivity contribution in [1.29, 1.82) is 0 Å². The highest BCUT2D eigenvalue weighted by Crippen LogP contribution is 2.01. The van der Waals surface area contributed by atoms with Crippen LogP contribution in [0.2, 0.25) is 6.55 Å². The van der Waals surface area contributed by atoms with Crippen molar-refractivity contribution >= 4 is 14.9 Å². The fourth-order valence-corrected chi connectivity index (χ4v) is 1.64. The number of hydrogen-bond acceptors (Lipinski definition) is 1. The first-order valence-electron chi connectivity index (χ1n) is 4.38. The van der Waals surface area contributed by atoms with Gasteiger partial charge in [0.25, 0.3) is 0 Å². The zero-order chi connectivity index (χ0) is 8.81. The van der Waals surface area contributed by atoms with Crippen LogP contribution < -0.4 is 0 Å². The summed E-state index contributed by atoms with van der Waals surface area (Å²) in [7, 11) is -0.416. The first-order chi connectivity index (χ1) is 5.83. The second kappa shape index (κ2) is 4.88. The van der Waals surface area contributed by atoms with E-state index in [4.69, 9.17) is 0 Å². The van der Waals surface area contributed by atoms with Gasteiger partial charge in [-0.3, -0.25) is 0 Å². The summed E-state index contributed by atoms with van der Waals surface area (Å²) in [5.41, 5.74) is 1.27. The molecule has 0 amide bonds. The number of benzene rings is 1. The van der Waals surface area contributed by atoms with Crippen molar-refractivity contribution < 1.29 is 4.79 Å². The van der Waals surface area contributed by atoms with E-state index in [0.29, 0.717) is 5.41 Å². The zero-order valence-electron chi connectivity index (χ0n) is 7.42. The predicted octanol–water partition coefficient (Wildman–Crippen LogP) is 1.36. The molecule has 2 heteroatoms. The van der Waals surface area contributed by atoms with Crippen LogP contribution in [0.25, 0.3) is 0 Å². The third kappa shape index (κ3) is 3.01. The Kier molecular flexibility index (Phi) is 3.74. The Morgan fingerprint density at radius 1 is 1.33 bits per heavy atom. The van der Waals surface area contributed by atoms with Gasteiger partial charge in [-0.2, -0.15) is 0 Å². The van der Waals surface area contributed by atoms with Crippen LogP contribution in [0.1, 0.15) is 12.0 Å². The van der Waals surface area contributed by atoms with Gasteiger partial charge in [0.15, 0.2) is 0 Å². The maximum atomic E-state index is 11.0. The zero-order valence-corrected chi connectivity index (χ0v) is 8.83. The molecule has 0 atom stereocenters. The van der Waals surface area contributed by atoms with E-state index in [1.165, 1.54) is 5.56 Å². The summed E-state index contributed by atoms with van der Waals surface area (Å²) in [6.45, 7) is 2.05. The summed E-state index contributed by atoms with van der Waals surface area (Å²) in [5.74, 6) is 0. The maximum absolute atomic E-state index is 11.0. The number of aryl methyl sites for hydroxylation is 1.